The summed E-state index contributed by atoms with van der Waals surface area (Å²) in [5.74, 6) is -0.891. The molecule has 0 spiro atoms. The Balaban J connectivity index is 2.20. The first-order chi connectivity index (χ1) is 8.16. The second kappa shape index (κ2) is 5.15. The molecule has 2 nitrogen and oxygen atoms in total. The molecule has 0 saturated carbocycles. The molecule has 0 radical (unpaired) electrons. The highest BCUT2D eigenvalue weighted by atomic mass is 79.9. The normalized spacial score (nSPS) is 10.2. The zero-order valence-corrected chi connectivity index (χ0v) is 10.6. The van der Waals surface area contributed by atoms with Crippen LogP contribution in [0.15, 0.2) is 53.0 Å². The second-order valence-corrected chi connectivity index (χ2v) is 4.62. The monoisotopic (exact) mass is 290 g/mol. The van der Waals surface area contributed by atoms with Crippen LogP contribution >= 0.6 is 15.9 Å². The van der Waals surface area contributed by atoms with Crippen LogP contribution in [0, 0.1) is 0 Å². The van der Waals surface area contributed by atoms with Crippen molar-refractivity contribution in [2.45, 2.75) is 6.42 Å². The summed E-state index contributed by atoms with van der Waals surface area (Å²) in [6.45, 7) is 0. The van der Waals surface area contributed by atoms with Gasteiger partial charge >= 0.3 is 5.97 Å². The van der Waals surface area contributed by atoms with Gasteiger partial charge in [-0.15, -0.1) is 0 Å². The first-order valence-corrected chi connectivity index (χ1v) is 6.02. The summed E-state index contributed by atoms with van der Waals surface area (Å²) in [4.78, 5) is 10.7. The Labute approximate surface area is 108 Å². The molecule has 2 aromatic carbocycles. The van der Waals surface area contributed by atoms with Crippen LogP contribution in [-0.2, 0) is 6.42 Å². The van der Waals surface area contributed by atoms with Gasteiger partial charge < -0.3 is 5.11 Å². The largest absolute Gasteiger partial charge is 0.478 e. The molecule has 0 saturated heterocycles. The molecule has 0 amide bonds. The van der Waals surface area contributed by atoms with Crippen LogP contribution in [0.2, 0.25) is 0 Å². The van der Waals surface area contributed by atoms with Crippen molar-refractivity contribution in [2.24, 2.45) is 0 Å². The minimum atomic E-state index is -0.891. The van der Waals surface area contributed by atoms with E-state index < -0.39 is 5.97 Å². The molecule has 0 heterocycles. The van der Waals surface area contributed by atoms with Gasteiger partial charge in [0.05, 0.1) is 5.56 Å². The first-order valence-electron chi connectivity index (χ1n) is 5.22. The van der Waals surface area contributed by atoms with Crippen molar-refractivity contribution in [1.82, 2.24) is 0 Å². The van der Waals surface area contributed by atoms with E-state index in [4.69, 9.17) is 5.11 Å². The van der Waals surface area contributed by atoms with E-state index in [9.17, 15) is 4.79 Å². The number of hydrogen-bond acceptors (Lipinski definition) is 1. The Hall–Kier alpha value is -1.61. The van der Waals surface area contributed by atoms with E-state index in [1.165, 1.54) is 5.56 Å². The number of halogens is 1. The lowest BCUT2D eigenvalue weighted by atomic mass is 10.0. The topological polar surface area (TPSA) is 37.3 Å². The lowest BCUT2D eigenvalue weighted by Crippen LogP contribution is -1.96. The summed E-state index contributed by atoms with van der Waals surface area (Å²) < 4.78 is 1.07. The van der Waals surface area contributed by atoms with Gasteiger partial charge in [-0.1, -0.05) is 46.3 Å². The number of aromatic carboxylic acids is 1. The minimum Gasteiger partial charge on any atom is -0.478 e. The Kier molecular flexibility index (Phi) is 3.59. The summed E-state index contributed by atoms with van der Waals surface area (Å²) >= 11 is 3.50. The van der Waals surface area contributed by atoms with Crippen LogP contribution < -0.4 is 0 Å². The van der Waals surface area contributed by atoms with Crippen molar-refractivity contribution in [1.29, 1.82) is 0 Å². The highest BCUT2D eigenvalue weighted by molar-refractivity contribution is 9.10. The maximum absolute atomic E-state index is 10.7. The van der Waals surface area contributed by atoms with Gasteiger partial charge in [0.25, 0.3) is 0 Å². The highest BCUT2D eigenvalue weighted by Gasteiger charge is 2.03. The SMILES string of the molecule is O=C(O)c1ccc(Cc2ccccc2Br)cc1. The standard InChI is InChI=1S/C14H11BrO2/c15-13-4-2-1-3-12(13)9-10-5-7-11(8-6-10)14(16)17/h1-8H,9H2,(H,16,17). The minimum absolute atomic E-state index is 0.320. The molecule has 0 bridgehead atoms. The van der Waals surface area contributed by atoms with E-state index >= 15 is 0 Å². The van der Waals surface area contributed by atoms with Crippen molar-refractivity contribution < 1.29 is 9.90 Å². The molecule has 2 rings (SSSR count). The molecule has 0 unspecified atom stereocenters. The van der Waals surface area contributed by atoms with Gasteiger partial charge in [-0.2, -0.15) is 0 Å². The number of hydrogen-bond donors (Lipinski definition) is 1. The summed E-state index contributed by atoms with van der Waals surface area (Å²) in [7, 11) is 0. The van der Waals surface area contributed by atoms with E-state index in [1.54, 1.807) is 12.1 Å². The summed E-state index contributed by atoms with van der Waals surface area (Å²) in [6, 6.07) is 15.0. The van der Waals surface area contributed by atoms with Gasteiger partial charge in [0.1, 0.15) is 0 Å². The average Bonchev–Trinajstić information content (AvgIpc) is 2.33. The second-order valence-electron chi connectivity index (χ2n) is 3.77. The fraction of sp³-hybridized carbons (Fsp3) is 0.0714. The smallest absolute Gasteiger partial charge is 0.335 e. The molecule has 0 aliphatic carbocycles. The molecule has 0 aliphatic rings. The fourth-order valence-corrected chi connectivity index (χ4v) is 2.05. The molecule has 0 aromatic heterocycles. The average molecular weight is 291 g/mol. The first kappa shape index (κ1) is 11.9. The van der Waals surface area contributed by atoms with Gasteiger partial charge in [-0.3, -0.25) is 0 Å². The maximum Gasteiger partial charge on any atom is 0.335 e. The molecule has 1 N–H and O–H groups in total. The molecule has 0 aliphatic heterocycles. The van der Waals surface area contributed by atoms with Crippen LogP contribution in [0.25, 0.3) is 0 Å². The van der Waals surface area contributed by atoms with Gasteiger partial charge in [-0.05, 0) is 35.7 Å². The van der Waals surface area contributed by atoms with E-state index in [0.29, 0.717) is 5.56 Å². The predicted octanol–water partition coefficient (Wildman–Crippen LogP) is 3.74. The van der Waals surface area contributed by atoms with Crippen LogP contribution in [0.3, 0.4) is 0 Å². The van der Waals surface area contributed by atoms with E-state index in [-0.39, 0.29) is 0 Å². The Morgan fingerprint density at radius 2 is 1.71 bits per heavy atom. The summed E-state index contributed by atoms with van der Waals surface area (Å²) in [5, 5.41) is 8.80. The van der Waals surface area contributed by atoms with Crippen molar-refractivity contribution in [2.75, 3.05) is 0 Å². The Morgan fingerprint density at radius 3 is 2.29 bits per heavy atom. The van der Waals surface area contributed by atoms with Gasteiger partial charge in [0, 0.05) is 4.47 Å². The van der Waals surface area contributed by atoms with Gasteiger partial charge in [-0.25, -0.2) is 4.79 Å². The van der Waals surface area contributed by atoms with Crippen molar-refractivity contribution in [3.8, 4) is 0 Å². The van der Waals surface area contributed by atoms with E-state index in [2.05, 4.69) is 22.0 Å². The number of carboxylic acid groups (broad SMARTS) is 1. The lowest BCUT2D eigenvalue weighted by molar-refractivity contribution is 0.0697. The summed E-state index contributed by atoms with van der Waals surface area (Å²) in [5.41, 5.74) is 2.61. The lowest BCUT2D eigenvalue weighted by Gasteiger charge is -2.04. The molecular formula is C14H11BrO2. The predicted molar refractivity (Wildman–Crippen MR) is 70.3 cm³/mol. The molecule has 0 fully saturated rings. The molecule has 17 heavy (non-hydrogen) atoms. The van der Waals surface area contributed by atoms with E-state index in [1.807, 2.05) is 30.3 Å². The van der Waals surface area contributed by atoms with Crippen LogP contribution in [0.5, 0.6) is 0 Å². The third-order valence-corrected chi connectivity index (χ3v) is 3.33. The van der Waals surface area contributed by atoms with Crippen molar-refractivity contribution in [3.05, 3.63) is 69.7 Å². The number of carboxylic acids is 1. The highest BCUT2D eigenvalue weighted by Crippen LogP contribution is 2.19. The van der Waals surface area contributed by atoms with Crippen LogP contribution in [0.4, 0.5) is 0 Å². The Bertz CT molecular complexity index is 532. The summed E-state index contributed by atoms with van der Waals surface area (Å²) in [6.07, 6.45) is 0.793. The molecule has 86 valence electrons. The molecule has 0 atom stereocenters. The van der Waals surface area contributed by atoms with Gasteiger partial charge in [0.2, 0.25) is 0 Å². The maximum atomic E-state index is 10.7. The van der Waals surface area contributed by atoms with E-state index in [0.717, 1.165) is 16.5 Å². The zero-order chi connectivity index (χ0) is 12.3. The fourth-order valence-electron chi connectivity index (χ4n) is 1.63. The number of carbonyl (C=O) groups is 1. The Morgan fingerprint density at radius 1 is 1.06 bits per heavy atom. The number of rotatable bonds is 3. The third kappa shape index (κ3) is 2.94. The molecule has 2 aromatic rings. The zero-order valence-electron chi connectivity index (χ0n) is 9.06. The third-order valence-electron chi connectivity index (χ3n) is 2.55. The molecular weight excluding hydrogens is 280 g/mol. The van der Waals surface area contributed by atoms with Crippen LogP contribution in [0.1, 0.15) is 21.5 Å². The van der Waals surface area contributed by atoms with Crippen molar-refractivity contribution in [3.63, 3.8) is 0 Å². The van der Waals surface area contributed by atoms with Crippen LogP contribution in [-0.4, -0.2) is 11.1 Å². The van der Waals surface area contributed by atoms with Gasteiger partial charge in [0.15, 0.2) is 0 Å². The van der Waals surface area contributed by atoms with Crippen molar-refractivity contribution >= 4 is 21.9 Å². The molecule has 3 heteroatoms. The number of benzene rings is 2. The quantitative estimate of drug-likeness (QED) is 0.935.